The molecule has 0 saturated heterocycles. The predicted octanol–water partition coefficient (Wildman–Crippen LogP) is 4.42. The Morgan fingerprint density at radius 3 is 2.48 bits per heavy atom. The first kappa shape index (κ1) is 22.7. The molecule has 33 heavy (non-hydrogen) atoms. The third kappa shape index (κ3) is 6.26. The molecule has 3 aromatic carbocycles. The van der Waals surface area contributed by atoms with Crippen LogP contribution in [0.1, 0.15) is 21.5 Å². The van der Waals surface area contributed by atoms with Gasteiger partial charge in [-0.1, -0.05) is 30.3 Å². The predicted molar refractivity (Wildman–Crippen MR) is 119 cm³/mol. The van der Waals surface area contributed by atoms with Crippen LogP contribution in [-0.4, -0.2) is 21.9 Å². The number of hydrogen-bond acceptors (Lipinski definition) is 6. The summed E-state index contributed by atoms with van der Waals surface area (Å²) in [5.74, 6) is -1.23. The van der Waals surface area contributed by atoms with Gasteiger partial charge in [-0.05, 0) is 47.5 Å². The molecule has 0 atom stereocenters. The number of ether oxygens (including phenoxy) is 1. The van der Waals surface area contributed by atoms with E-state index in [4.69, 9.17) is 9.84 Å². The number of rotatable bonds is 8. The highest BCUT2D eigenvalue weighted by Crippen LogP contribution is 2.20. The lowest BCUT2D eigenvalue weighted by atomic mass is 10.1. The fourth-order valence-electron chi connectivity index (χ4n) is 2.82. The average Bonchev–Trinajstić information content (AvgIpc) is 2.81. The number of nitrogens with zero attached hydrogens (tertiary/aromatic N) is 2. The van der Waals surface area contributed by atoms with Crippen LogP contribution >= 0.6 is 0 Å². The van der Waals surface area contributed by atoms with E-state index in [0.717, 1.165) is 5.56 Å². The first-order valence-electron chi connectivity index (χ1n) is 9.58. The minimum atomic E-state index is -1.01. The molecule has 0 spiro atoms. The molecule has 164 valence electrons. The number of non-ortho nitro benzene ring substituents is 1. The lowest BCUT2D eigenvalue weighted by Gasteiger charge is -2.08. The Morgan fingerprint density at radius 1 is 1.09 bits per heavy atom. The third-order valence-electron chi connectivity index (χ3n) is 4.46. The van der Waals surface area contributed by atoms with E-state index in [-0.39, 0.29) is 29.1 Å². The number of nitrogens with one attached hydrogen (secondary N) is 1. The highest BCUT2D eigenvalue weighted by Gasteiger charge is 2.12. The largest absolute Gasteiger partial charge is 0.489 e. The van der Waals surface area contributed by atoms with E-state index in [0.29, 0.717) is 11.3 Å². The van der Waals surface area contributed by atoms with Gasteiger partial charge in [0, 0.05) is 17.8 Å². The lowest BCUT2D eigenvalue weighted by molar-refractivity contribution is -0.384. The van der Waals surface area contributed by atoms with Gasteiger partial charge in [0.1, 0.15) is 24.0 Å². The maximum atomic E-state index is 12.5. The quantitative estimate of drug-likeness (QED) is 0.227. The van der Waals surface area contributed by atoms with Crippen molar-refractivity contribution in [3.8, 4) is 11.8 Å². The Labute approximate surface area is 188 Å². The first-order chi connectivity index (χ1) is 15.9. The first-order valence-corrected chi connectivity index (χ1v) is 9.58. The van der Waals surface area contributed by atoms with Crippen LogP contribution in [0.5, 0.6) is 5.75 Å². The van der Waals surface area contributed by atoms with Crippen LogP contribution in [-0.2, 0) is 11.4 Å². The van der Waals surface area contributed by atoms with Crippen LogP contribution in [0.3, 0.4) is 0 Å². The second kappa shape index (κ2) is 10.4. The summed E-state index contributed by atoms with van der Waals surface area (Å²) in [6.07, 6.45) is 1.38. The van der Waals surface area contributed by atoms with Crippen LogP contribution in [0.15, 0.2) is 78.4 Å². The van der Waals surface area contributed by atoms with Gasteiger partial charge in [-0.2, -0.15) is 5.26 Å². The number of nitro groups is 1. The van der Waals surface area contributed by atoms with Gasteiger partial charge < -0.3 is 15.2 Å². The number of anilines is 1. The number of nitriles is 1. The van der Waals surface area contributed by atoms with Gasteiger partial charge in [0.05, 0.1) is 10.5 Å². The SMILES string of the molecule is N#C/C(=C/c1cccc(OCc2ccc(C(=O)O)cc2)c1)C(=O)Nc1cccc([N+](=O)[O-])c1. The lowest BCUT2D eigenvalue weighted by Crippen LogP contribution is -2.13. The molecule has 0 fully saturated rings. The van der Waals surface area contributed by atoms with E-state index in [9.17, 15) is 25.0 Å². The second-order valence-corrected chi connectivity index (χ2v) is 6.79. The van der Waals surface area contributed by atoms with Crippen molar-refractivity contribution in [3.05, 3.63) is 105 Å². The normalized spacial score (nSPS) is 10.7. The van der Waals surface area contributed by atoms with E-state index < -0.39 is 16.8 Å². The van der Waals surface area contributed by atoms with Crippen molar-refractivity contribution in [2.75, 3.05) is 5.32 Å². The molecule has 3 aromatic rings. The summed E-state index contributed by atoms with van der Waals surface area (Å²) >= 11 is 0. The maximum Gasteiger partial charge on any atom is 0.335 e. The zero-order chi connectivity index (χ0) is 23.8. The number of carboxylic acids is 1. The third-order valence-corrected chi connectivity index (χ3v) is 4.46. The molecule has 1 amide bonds. The van der Waals surface area contributed by atoms with E-state index in [2.05, 4.69) is 5.32 Å². The number of hydrogen-bond donors (Lipinski definition) is 2. The molecule has 0 aliphatic carbocycles. The van der Waals surface area contributed by atoms with Crippen LogP contribution in [0.25, 0.3) is 6.08 Å². The van der Waals surface area contributed by atoms with Crippen LogP contribution < -0.4 is 10.1 Å². The molecule has 9 nitrogen and oxygen atoms in total. The Kier molecular flexibility index (Phi) is 7.13. The van der Waals surface area contributed by atoms with Gasteiger partial charge in [0.15, 0.2) is 0 Å². The van der Waals surface area contributed by atoms with Gasteiger partial charge in [-0.3, -0.25) is 14.9 Å². The minimum absolute atomic E-state index is 0.179. The molecule has 0 bridgehead atoms. The Morgan fingerprint density at radius 2 is 1.82 bits per heavy atom. The molecule has 0 heterocycles. The number of carbonyl (C=O) groups excluding carboxylic acids is 1. The molecule has 0 unspecified atom stereocenters. The Bertz CT molecular complexity index is 1280. The number of aromatic carboxylic acids is 1. The molecular weight excluding hydrogens is 426 g/mol. The smallest absolute Gasteiger partial charge is 0.335 e. The molecule has 0 aromatic heterocycles. The minimum Gasteiger partial charge on any atom is -0.489 e. The van der Waals surface area contributed by atoms with Crippen LogP contribution in [0.2, 0.25) is 0 Å². The number of benzene rings is 3. The Balaban J connectivity index is 1.69. The monoisotopic (exact) mass is 443 g/mol. The van der Waals surface area contributed by atoms with Crippen molar-refractivity contribution in [3.63, 3.8) is 0 Å². The number of nitro benzene ring substituents is 1. The van der Waals surface area contributed by atoms with Crippen LogP contribution in [0.4, 0.5) is 11.4 Å². The summed E-state index contributed by atoms with van der Waals surface area (Å²) in [6, 6.07) is 20.2. The van der Waals surface area contributed by atoms with Crippen molar-refractivity contribution >= 4 is 29.3 Å². The molecule has 3 rings (SSSR count). The zero-order valence-electron chi connectivity index (χ0n) is 17.1. The van der Waals surface area contributed by atoms with E-state index >= 15 is 0 Å². The Hall–Kier alpha value is -4.97. The van der Waals surface area contributed by atoms with E-state index in [1.165, 1.54) is 42.5 Å². The zero-order valence-corrected chi connectivity index (χ0v) is 17.1. The molecule has 0 aliphatic heterocycles. The summed E-state index contributed by atoms with van der Waals surface area (Å²) in [6.45, 7) is 0.200. The second-order valence-electron chi connectivity index (χ2n) is 6.79. The van der Waals surface area contributed by atoms with Crippen molar-refractivity contribution < 1.29 is 24.4 Å². The molecule has 2 N–H and O–H groups in total. The van der Waals surface area contributed by atoms with Crippen molar-refractivity contribution in [2.24, 2.45) is 0 Å². The van der Waals surface area contributed by atoms with Crippen LogP contribution in [0, 0.1) is 21.4 Å². The van der Waals surface area contributed by atoms with Gasteiger partial charge in [-0.25, -0.2) is 4.79 Å². The average molecular weight is 443 g/mol. The van der Waals surface area contributed by atoms with Gasteiger partial charge in [0.25, 0.3) is 11.6 Å². The number of amides is 1. The highest BCUT2D eigenvalue weighted by atomic mass is 16.6. The van der Waals surface area contributed by atoms with Crippen molar-refractivity contribution in [2.45, 2.75) is 6.61 Å². The van der Waals surface area contributed by atoms with Crippen molar-refractivity contribution in [1.82, 2.24) is 0 Å². The van der Waals surface area contributed by atoms with E-state index in [1.807, 2.05) is 6.07 Å². The summed E-state index contributed by atoms with van der Waals surface area (Å²) < 4.78 is 5.72. The van der Waals surface area contributed by atoms with E-state index in [1.54, 1.807) is 36.4 Å². The topological polar surface area (TPSA) is 143 Å². The molecule has 0 radical (unpaired) electrons. The highest BCUT2D eigenvalue weighted by molar-refractivity contribution is 6.09. The molecular formula is C24H17N3O6. The summed E-state index contributed by atoms with van der Waals surface area (Å²) in [5, 5.41) is 31.7. The summed E-state index contributed by atoms with van der Waals surface area (Å²) in [5.41, 5.74) is 1.31. The molecule has 0 saturated carbocycles. The number of carboxylic acid groups (broad SMARTS) is 1. The molecule has 9 heteroatoms. The summed E-state index contributed by atoms with van der Waals surface area (Å²) in [4.78, 5) is 33.7. The number of carbonyl (C=O) groups is 2. The molecule has 0 aliphatic rings. The standard InChI is InChI=1S/C24H17N3O6/c25-14-19(23(28)26-20-4-2-5-21(13-20)27(31)32)11-17-3-1-6-22(12-17)33-15-16-7-9-18(10-8-16)24(29)30/h1-13H,15H2,(H,26,28)(H,29,30)/b19-11-. The van der Waals surface area contributed by atoms with Gasteiger partial charge in [0.2, 0.25) is 0 Å². The fourth-order valence-corrected chi connectivity index (χ4v) is 2.82. The van der Waals surface area contributed by atoms with Crippen molar-refractivity contribution in [1.29, 1.82) is 5.26 Å². The van der Waals surface area contributed by atoms with Gasteiger partial charge >= 0.3 is 5.97 Å². The summed E-state index contributed by atoms with van der Waals surface area (Å²) in [7, 11) is 0. The fraction of sp³-hybridized carbons (Fsp3) is 0.0417. The maximum absolute atomic E-state index is 12.5. The van der Waals surface area contributed by atoms with Gasteiger partial charge in [-0.15, -0.1) is 0 Å².